The minimum atomic E-state index is -0.0182. The third-order valence-corrected chi connectivity index (χ3v) is 4.80. The Morgan fingerprint density at radius 1 is 1.48 bits per heavy atom. The summed E-state index contributed by atoms with van der Waals surface area (Å²) in [5.41, 5.74) is 4.21. The van der Waals surface area contributed by atoms with Gasteiger partial charge in [-0.05, 0) is 39.2 Å². The van der Waals surface area contributed by atoms with E-state index in [2.05, 4.69) is 22.2 Å². The number of aromatic nitrogens is 4. The number of nitrogens with one attached hydrogen (secondary N) is 1. The molecule has 7 nitrogen and oxygen atoms in total. The summed E-state index contributed by atoms with van der Waals surface area (Å²) in [6.45, 7) is 8.21. The molecule has 7 heteroatoms. The third-order valence-electron chi connectivity index (χ3n) is 4.80. The fourth-order valence-electron chi connectivity index (χ4n) is 3.45. The lowest BCUT2D eigenvalue weighted by Crippen LogP contribution is -2.38. The lowest BCUT2D eigenvalue weighted by molar-refractivity contribution is 0.0522. The number of hydrogen-bond donors (Lipinski definition) is 1. The number of aryl methyl sites for hydroxylation is 2. The Morgan fingerprint density at radius 3 is 2.88 bits per heavy atom. The van der Waals surface area contributed by atoms with E-state index in [1.165, 1.54) is 0 Å². The van der Waals surface area contributed by atoms with Gasteiger partial charge < -0.3 is 9.64 Å². The Morgan fingerprint density at radius 2 is 2.28 bits per heavy atom. The first-order valence-corrected chi connectivity index (χ1v) is 8.98. The second kappa shape index (κ2) is 7.39. The lowest BCUT2D eigenvalue weighted by Gasteiger charge is -2.24. The Kier molecular flexibility index (Phi) is 5.22. The first kappa shape index (κ1) is 17.7. The van der Waals surface area contributed by atoms with Gasteiger partial charge in [0.05, 0.1) is 17.5 Å². The first-order chi connectivity index (χ1) is 12.0. The van der Waals surface area contributed by atoms with Gasteiger partial charge in [0.15, 0.2) is 0 Å². The number of amides is 1. The van der Waals surface area contributed by atoms with Crippen LogP contribution < -0.4 is 0 Å². The van der Waals surface area contributed by atoms with Gasteiger partial charge in [0.2, 0.25) is 0 Å². The van der Waals surface area contributed by atoms with E-state index in [9.17, 15) is 4.79 Å². The molecule has 1 N–H and O–H groups in total. The number of ether oxygens (including phenoxy) is 1. The molecule has 0 bridgehead atoms. The normalized spacial score (nSPS) is 17.2. The summed E-state index contributed by atoms with van der Waals surface area (Å²) in [4.78, 5) is 14.8. The van der Waals surface area contributed by atoms with Crippen LogP contribution >= 0.6 is 0 Å². The number of nitrogens with zero attached hydrogens (tertiary/aromatic N) is 4. The molecular formula is C18H27N5O2. The molecule has 0 spiro atoms. The van der Waals surface area contributed by atoms with Crippen LogP contribution in [-0.2, 0) is 11.8 Å². The second-order valence-corrected chi connectivity index (χ2v) is 6.72. The molecular weight excluding hydrogens is 318 g/mol. The fraction of sp³-hybridized carbons (Fsp3) is 0.611. The van der Waals surface area contributed by atoms with Crippen LogP contribution in [0.5, 0.6) is 0 Å². The van der Waals surface area contributed by atoms with Crippen LogP contribution in [0.4, 0.5) is 0 Å². The molecule has 0 aromatic carbocycles. The summed E-state index contributed by atoms with van der Waals surface area (Å²) < 4.78 is 7.53. The minimum absolute atomic E-state index is 0.0182. The van der Waals surface area contributed by atoms with Gasteiger partial charge in [0.25, 0.3) is 5.91 Å². The van der Waals surface area contributed by atoms with Crippen molar-refractivity contribution in [2.24, 2.45) is 7.05 Å². The lowest BCUT2D eigenvalue weighted by atomic mass is 10.1. The van der Waals surface area contributed by atoms with Crippen LogP contribution in [0.15, 0.2) is 6.07 Å². The second-order valence-electron chi connectivity index (χ2n) is 6.72. The van der Waals surface area contributed by atoms with Crippen molar-refractivity contribution in [3.8, 4) is 11.3 Å². The summed E-state index contributed by atoms with van der Waals surface area (Å²) in [7, 11) is 1.91. The Bertz CT molecular complexity index is 743. The van der Waals surface area contributed by atoms with Crippen molar-refractivity contribution < 1.29 is 9.53 Å². The molecule has 3 rings (SSSR count). The number of carbonyl (C=O) groups excluding carboxylic acids is 1. The van der Waals surface area contributed by atoms with Crippen LogP contribution in [0.1, 0.15) is 48.1 Å². The zero-order valence-electron chi connectivity index (χ0n) is 15.5. The van der Waals surface area contributed by atoms with Crippen molar-refractivity contribution in [2.75, 3.05) is 19.7 Å². The molecule has 136 valence electrons. The van der Waals surface area contributed by atoms with Gasteiger partial charge in [0.1, 0.15) is 5.69 Å². The SMILES string of the molecule is CCCN(CC1CCCO1)C(=O)c1cc(-c2c(C)nn(C)c2C)n[nH]1. The number of carbonyl (C=O) groups is 1. The predicted molar refractivity (Wildman–Crippen MR) is 95.4 cm³/mol. The van der Waals surface area contributed by atoms with Gasteiger partial charge >= 0.3 is 0 Å². The summed E-state index contributed by atoms with van der Waals surface area (Å²) in [6.07, 6.45) is 3.17. The number of hydrogen-bond acceptors (Lipinski definition) is 4. The minimum Gasteiger partial charge on any atom is -0.376 e. The van der Waals surface area contributed by atoms with Crippen LogP contribution in [-0.4, -0.2) is 56.6 Å². The molecule has 1 fully saturated rings. The largest absolute Gasteiger partial charge is 0.376 e. The number of rotatable bonds is 6. The number of H-pyrrole nitrogens is 1. The highest BCUT2D eigenvalue weighted by molar-refractivity contribution is 5.93. The van der Waals surface area contributed by atoms with Crippen molar-refractivity contribution in [2.45, 2.75) is 46.1 Å². The molecule has 1 aliphatic heterocycles. The van der Waals surface area contributed by atoms with Crippen molar-refractivity contribution in [1.82, 2.24) is 24.9 Å². The Balaban J connectivity index is 1.80. The van der Waals surface area contributed by atoms with Gasteiger partial charge in [-0.15, -0.1) is 0 Å². The van der Waals surface area contributed by atoms with E-state index >= 15 is 0 Å². The molecule has 1 unspecified atom stereocenters. The van der Waals surface area contributed by atoms with Crippen LogP contribution in [0.2, 0.25) is 0 Å². The molecule has 2 aromatic rings. The zero-order chi connectivity index (χ0) is 18.0. The molecule has 1 aliphatic rings. The van der Waals surface area contributed by atoms with E-state index in [1.807, 2.05) is 36.5 Å². The highest BCUT2D eigenvalue weighted by Gasteiger charge is 2.25. The van der Waals surface area contributed by atoms with Gasteiger partial charge in [-0.1, -0.05) is 6.92 Å². The molecule has 0 saturated carbocycles. The molecule has 1 amide bonds. The van der Waals surface area contributed by atoms with E-state index in [1.54, 1.807) is 0 Å². The van der Waals surface area contributed by atoms with Gasteiger partial charge in [0, 0.05) is 38.0 Å². The quantitative estimate of drug-likeness (QED) is 0.872. The van der Waals surface area contributed by atoms with E-state index in [0.29, 0.717) is 12.2 Å². The van der Waals surface area contributed by atoms with E-state index in [4.69, 9.17) is 4.74 Å². The Labute approximate surface area is 148 Å². The molecule has 1 atom stereocenters. The van der Waals surface area contributed by atoms with E-state index < -0.39 is 0 Å². The van der Waals surface area contributed by atoms with Gasteiger partial charge in [-0.25, -0.2) is 0 Å². The molecule has 0 aliphatic carbocycles. The number of aromatic amines is 1. The molecule has 2 aromatic heterocycles. The molecule has 1 saturated heterocycles. The standard InChI is InChI=1S/C18H27N5O2/c1-5-8-23(11-14-7-6-9-25-14)18(24)16-10-15(19-20-16)17-12(2)21-22(4)13(17)3/h10,14H,5-9,11H2,1-4H3,(H,19,20). The molecule has 3 heterocycles. The predicted octanol–water partition coefficient (Wildman–Crippen LogP) is 2.46. The highest BCUT2D eigenvalue weighted by atomic mass is 16.5. The monoisotopic (exact) mass is 345 g/mol. The average molecular weight is 345 g/mol. The third kappa shape index (κ3) is 3.61. The average Bonchev–Trinajstić information content (AvgIpc) is 3.29. The maximum Gasteiger partial charge on any atom is 0.271 e. The zero-order valence-corrected chi connectivity index (χ0v) is 15.5. The van der Waals surface area contributed by atoms with Crippen LogP contribution in [0.3, 0.4) is 0 Å². The van der Waals surface area contributed by atoms with Crippen molar-refractivity contribution in [3.63, 3.8) is 0 Å². The van der Waals surface area contributed by atoms with Gasteiger partial charge in [-0.2, -0.15) is 10.2 Å². The summed E-state index contributed by atoms with van der Waals surface area (Å²) in [5.74, 6) is -0.0182. The first-order valence-electron chi connectivity index (χ1n) is 8.98. The van der Waals surface area contributed by atoms with Crippen LogP contribution in [0, 0.1) is 13.8 Å². The topological polar surface area (TPSA) is 76.0 Å². The molecule has 25 heavy (non-hydrogen) atoms. The summed E-state index contributed by atoms with van der Waals surface area (Å²) >= 11 is 0. The maximum absolute atomic E-state index is 12.9. The van der Waals surface area contributed by atoms with E-state index in [-0.39, 0.29) is 12.0 Å². The summed E-state index contributed by atoms with van der Waals surface area (Å²) in [5, 5.41) is 11.7. The van der Waals surface area contributed by atoms with Crippen LogP contribution in [0.25, 0.3) is 11.3 Å². The molecule has 0 radical (unpaired) electrons. The maximum atomic E-state index is 12.9. The summed E-state index contributed by atoms with van der Waals surface area (Å²) in [6, 6.07) is 1.83. The Hall–Kier alpha value is -2.15. The highest BCUT2D eigenvalue weighted by Crippen LogP contribution is 2.25. The van der Waals surface area contributed by atoms with Crippen molar-refractivity contribution in [1.29, 1.82) is 0 Å². The van der Waals surface area contributed by atoms with E-state index in [0.717, 1.165) is 55.1 Å². The van der Waals surface area contributed by atoms with Crippen molar-refractivity contribution in [3.05, 3.63) is 23.1 Å². The smallest absolute Gasteiger partial charge is 0.271 e. The van der Waals surface area contributed by atoms with Gasteiger partial charge in [-0.3, -0.25) is 14.6 Å². The van der Waals surface area contributed by atoms with Crippen molar-refractivity contribution >= 4 is 5.91 Å². The fourth-order valence-corrected chi connectivity index (χ4v) is 3.45.